The summed E-state index contributed by atoms with van der Waals surface area (Å²) in [6.07, 6.45) is 11.0. The molecule has 0 unspecified atom stereocenters. The van der Waals surface area contributed by atoms with E-state index in [4.69, 9.17) is 0 Å². The van der Waals surface area contributed by atoms with Crippen molar-refractivity contribution in [2.75, 3.05) is 0 Å². The molecule has 1 saturated carbocycles. The zero-order chi connectivity index (χ0) is 13.8. The molecule has 2 heterocycles. The third-order valence-electron chi connectivity index (χ3n) is 4.51. The van der Waals surface area contributed by atoms with Gasteiger partial charge in [-0.3, -0.25) is 0 Å². The molecule has 1 aliphatic heterocycles. The van der Waals surface area contributed by atoms with Gasteiger partial charge in [0.05, 0.1) is 6.07 Å². The standard InChI is InChI=1S/C15H22N4S/c16-11-13(12-7-3-1-4-8-12)20-15-18-17-14-9-5-2-6-10-19(14)15/h12-13H,1-10H2/t13-/m0/s1. The second-order valence-corrected chi connectivity index (χ2v) is 7.04. The van der Waals surface area contributed by atoms with E-state index in [0.29, 0.717) is 5.92 Å². The quantitative estimate of drug-likeness (QED) is 0.799. The molecule has 1 fully saturated rings. The van der Waals surface area contributed by atoms with Gasteiger partial charge in [0.15, 0.2) is 5.16 Å². The first kappa shape index (κ1) is 13.9. The monoisotopic (exact) mass is 290 g/mol. The van der Waals surface area contributed by atoms with E-state index in [1.165, 1.54) is 51.4 Å². The molecule has 0 N–H and O–H groups in total. The Balaban J connectivity index is 1.72. The Morgan fingerprint density at radius 1 is 1.10 bits per heavy atom. The first-order chi connectivity index (χ1) is 9.88. The van der Waals surface area contributed by atoms with Crippen molar-refractivity contribution in [3.8, 4) is 6.07 Å². The minimum absolute atomic E-state index is 0.0480. The highest BCUT2D eigenvalue weighted by molar-refractivity contribution is 8.00. The molecular weight excluding hydrogens is 268 g/mol. The molecule has 3 rings (SSSR count). The maximum atomic E-state index is 9.51. The summed E-state index contributed by atoms with van der Waals surface area (Å²) in [6.45, 7) is 1.02. The number of nitrogens with zero attached hydrogens (tertiary/aromatic N) is 4. The molecule has 5 heteroatoms. The highest BCUT2D eigenvalue weighted by Crippen LogP contribution is 2.35. The number of rotatable bonds is 3. The number of hydrogen-bond donors (Lipinski definition) is 0. The zero-order valence-corrected chi connectivity index (χ0v) is 12.7. The largest absolute Gasteiger partial charge is 0.306 e. The van der Waals surface area contributed by atoms with E-state index < -0.39 is 0 Å². The summed E-state index contributed by atoms with van der Waals surface area (Å²) < 4.78 is 2.25. The summed E-state index contributed by atoms with van der Waals surface area (Å²) in [5.74, 6) is 1.66. The van der Waals surface area contributed by atoms with Crippen LogP contribution in [0, 0.1) is 17.2 Å². The van der Waals surface area contributed by atoms with Gasteiger partial charge in [-0.2, -0.15) is 5.26 Å². The molecule has 1 aromatic heterocycles. The van der Waals surface area contributed by atoms with Crippen molar-refractivity contribution >= 4 is 11.8 Å². The maximum absolute atomic E-state index is 9.51. The van der Waals surface area contributed by atoms with Crippen LogP contribution in [0.3, 0.4) is 0 Å². The lowest BCUT2D eigenvalue weighted by Gasteiger charge is -2.25. The van der Waals surface area contributed by atoms with Crippen LogP contribution in [-0.4, -0.2) is 20.0 Å². The van der Waals surface area contributed by atoms with Gasteiger partial charge in [0.25, 0.3) is 0 Å². The van der Waals surface area contributed by atoms with Gasteiger partial charge in [0, 0.05) is 13.0 Å². The number of aryl methyl sites for hydroxylation is 1. The normalized spacial score (nSPS) is 21.8. The lowest BCUT2D eigenvalue weighted by molar-refractivity contribution is 0.369. The van der Waals surface area contributed by atoms with Crippen LogP contribution in [0.5, 0.6) is 0 Å². The number of fused-ring (bicyclic) bond motifs is 1. The lowest BCUT2D eigenvalue weighted by atomic mass is 9.87. The van der Waals surface area contributed by atoms with Crippen molar-refractivity contribution in [1.29, 1.82) is 5.26 Å². The summed E-state index contributed by atoms with van der Waals surface area (Å²) in [5.41, 5.74) is 0. The van der Waals surface area contributed by atoms with Crippen LogP contribution in [0.15, 0.2) is 5.16 Å². The molecular formula is C15H22N4S. The fraction of sp³-hybridized carbons (Fsp3) is 0.800. The molecule has 0 spiro atoms. The number of aromatic nitrogens is 3. The van der Waals surface area contributed by atoms with E-state index in [1.54, 1.807) is 11.8 Å². The second kappa shape index (κ2) is 6.62. The van der Waals surface area contributed by atoms with E-state index >= 15 is 0 Å². The molecule has 20 heavy (non-hydrogen) atoms. The first-order valence-corrected chi connectivity index (χ1v) is 8.75. The second-order valence-electron chi connectivity index (χ2n) is 5.93. The van der Waals surface area contributed by atoms with Crippen LogP contribution in [0.2, 0.25) is 0 Å². The molecule has 0 bridgehead atoms. The zero-order valence-electron chi connectivity index (χ0n) is 11.9. The third-order valence-corrected chi connectivity index (χ3v) is 5.77. The third kappa shape index (κ3) is 3.01. The highest BCUT2D eigenvalue weighted by atomic mass is 32.2. The predicted octanol–water partition coefficient (Wildman–Crippen LogP) is 3.57. The van der Waals surface area contributed by atoms with Gasteiger partial charge >= 0.3 is 0 Å². The van der Waals surface area contributed by atoms with Gasteiger partial charge in [-0.05, 0) is 31.6 Å². The van der Waals surface area contributed by atoms with Crippen LogP contribution < -0.4 is 0 Å². The summed E-state index contributed by atoms with van der Waals surface area (Å²) >= 11 is 1.65. The Morgan fingerprint density at radius 2 is 1.90 bits per heavy atom. The van der Waals surface area contributed by atoms with Crippen LogP contribution in [0.1, 0.15) is 57.2 Å². The van der Waals surface area contributed by atoms with Gasteiger partial charge in [0.1, 0.15) is 11.1 Å². The van der Waals surface area contributed by atoms with Crippen LogP contribution in [0.25, 0.3) is 0 Å². The van der Waals surface area contributed by atoms with E-state index in [-0.39, 0.29) is 5.25 Å². The van der Waals surface area contributed by atoms with Gasteiger partial charge in [0.2, 0.25) is 0 Å². The van der Waals surface area contributed by atoms with Crippen molar-refractivity contribution in [2.45, 2.75) is 74.7 Å². The van der Waals surface area contributed by atoms with E-state index in [9.17, 15) is 5.26 Å². The van der Waals surface area contributed by atoms with E-state index in [2.05, 4.69) is 20.8 Å². The Bertz CT molecular complexity index is 485. The average molecular weight is 290 g/mol. The number of nitriles is 1. The SMILES string of the molecule is N#C[C@H](Sc1nnc2n1CCCCC2)C1CCCCC1. The summed E-state index contributed by atoms with van der Waals surface area (Å²) in [6, 6.07) is 2.51. The smallest absolute Gasteiger partial charge is 0.192 e. The molecule has 0 aromatic carbocycles. The minimum atomic E-state index is 0.0480. The Labute approximate surface area is 125 Å². The molecule has 4 nitrogen and oxygen atoms in total. The van der Waals surface area contributed by atoms with Crippen LogP contribution in [-0.2, 0) is 13.0 Å². The Morgan fingerprint density at radius 3 is 2.70 bits per heavy atom. The molecule has 1 aliphatic carbocycles. The maximum Gasteiger partial charge on any atom is 0.192 e. The molecule has 0 saturated heterocycles. The minimum Gasteiger partial charge on any atom is -0.306 e. The molecule has 1 aromatic rings. The van der Waals surface area contributed by atoms with Crippen molar-refractivity contribution in [3.63, 3.8) is 0 Å². The molecule has 0 radical (unpaired) electrons. The molecule has 108 valence electrons. The van der Waals surface area contributed by atoms with Crippen molar-refractivity contribution in [2.24, 2.45) is 5.92 Å². The van der Waals surface area contributed by atoms with E-state index in [0.717, 1.165) is 23.9 Å². The molecule has 0 amide bonds. The average Bonchev–Trinajstić information content (AvgIpc) is 2.72. The van der Waals surface area contributed by atoms with Gasteiger partial charge in [-0.15, -0.1) is 10.2 Å². The topological polar surface area (TPSA) is 54.5 Å². The van der Waals surface area contributed by atoms with Crippen molar-refractivity contribution in [1.82, 2.24) is 14.8 Å². The van der Waals surface area contributed by atoms with Gasteiger partial charge in [-0.1, -0.05) is 37.4 Å². The Hall–Kier alpha value is -1.02. The highest BCUT2D eigenvalue weighted by Gasteiger charge is 2.27. The fourth-order valence-electron chi connectivity index (χ4n) is 3.32. The van der Waals surface area contributed by atoms with Crippen molar-refractivity contribution < 1.29 is 0 Å². The summed E-state index contributed by atoms with van der Waals surface area (Å²) in [4.78, 5) is 0. The Kier molecular flexibility index (Phi) is 4.62. The molecule has 1 atom stereocenters. The fourth-order valence-corrected chi connectivity index (χ4v) is 4.48. The summed E-state index contributed by atoms with van der Waals surface area (Å²) in [5, 5.41) is 19.2. The van der Waals surface area contributed by atoms with Crippen molar-refractivity contribution in [3.05, 3.63) is 5.82 Å². The first-order valence-electron chi connectivity index (χ1n) is 7.87. The lowest BCUT2D eigenvalue weighted by Crippen LogP contribution is -2.19. The van der Waals surface area contributed by atoms with E-state index in [1.807, 2.05) is 0 Å². The van der Waals surface area contributed by atoms with Crippen LogP contribution >= 0.6 is 11.8 Å². The number of thioether (sulfide) groups is 1. The molecule has 2 aliphatic rings. The number of hydrogen-bond acceptors (Lipinski definition) is 4. The van der Waals surface area contributed by atoms with Gasteiger partial charge in [-0.25, -0.2) is 0 Å². The predicted molar refractivity (Wildman–Crippen MR) is 79.4 cm³/mol. The van der Waals surface area contributed by atoms with Gasteiger partial charge < -0.3 is 4.57 Å². The van der Waals surface area contributed by atoms with Crippen LogP contribution in [0.4, 0.5) is 0 Å². The summed E-state index contributed by atoms with van der Waals surface area (Å²) in [7, 11) is 0.